The molecular formula is C12H15NO6. The van der Waals surface area contributed by atoms with Crippen molar-refractivity contribution in [2.24, 2.45) is 0 Å². The second-order valence-electron chi connectivity index (χ2n) is 3.81. The number of rotatable bonds is 7. The number of aliphatic hydroxyl groups is 1. The minimum absolute atomic E-state index is 0.0896. The number of hydrogen-bond acceptors (Lipinski definition) is 6. The minimum atomic E-state index is -1.28. The normalized spacial score (nSPS) is 12.4. The van der Waals surface area contributed by atoms with E-state index in [0.717, 1.165) is 0 Å². The summed E-state index contributed by atoms with van der Waals surface area (Å²) in [5.41, 5.74) is -0.138. The Kier molecular flexibility index (Phi) is 5.56. The average Bonchev–Trinajstić information content (AvgIpc) is 2.40. The van der Waals surface area contributed by atoms with Gasteiger partial charge in [-0.3, -0.25) is 14.9 Å². The van der Waals surface area contributed by atoms with Crippen molar-refractivity contribution in [3.63, 3.8) is 0 Å². The Morgan fingerprint density at radius 1 is 1.37 bits per heavy atom. The van der Waals surface area contributed by atoms with Gasteiger partial charge in [0.1, 0.15) is 0 Å². The number of aliphatic hydroxyl groups excluding tert-OH is 1. The molecule has 1 N–H and O–H groups in total. The molecule has 0 aliphatic rings. The van der Waals surface area contributed by atoms with Crippen molar-refractivity contribution in [3.8, 4) is 0 Å². The van der Waals surface area contributed by atoms with Gasteiger partial charge in [-0.25, -0.2) is 0 Å². The molecule has 0 amide bonds. The Balaban J connectivity index is 2.87. The second kappa shape index (κ2) is 6.93. The standard InChI is InChI=1S/C12H15NO6/c1-18-12(19-2)11(15)7-10(14)8-5-3-4-6-9(8)13(16)17/h3-6,10,12,14H,7H2,1-2H3/t10-/m0/s1. The van der Waals surface area contributed by atoms with E-state index < -0.39 is 23.1 Å². The van der Waals surface area contributed by atoms with Crippen LogP contribution in [-0.2, 0) is 14.3 Å². The van der Waals surface area contributed by atoms with E-state index in [1.807, 2.05) is 0 Å². The highest BCUT2D eigenvalue weighted by Crippen LogP contribution is 2.27. The van der Waals surface area contributed by atoms with Crippen LogP contribution >= 0.6 is 0 Å². The molecule has 0 aromatic heterocycles. The molecule has 1 atom stereocenters. The number of carbonyl (C=O) groups is 1. The van der Waals surface area contributed by atoms with Gasteiger partial charge < -0.3 is 14.6 Å². The Hall–Kier alpha value is -1.83. The zero-order valence-electron chi connectivity index (χ0n) is 10.6. The zero-order valence-corrected chi connectivity index (χ0v) is 10.6. The van der Waals surface area contributed by atoms with Gasteiger partial charge in [0.05, 0.1) is 16.6 Å². The SMILES string of the molecule is COC(OC)C(=O)C[C@H](O)c1ccccc1[N+](=O)[O-]. The van der Waals surface area contributed by atoms with Crippen LogP contribution in [0.15, 0.2) is 24.3 Å². The van der Waals surface area contributed by atoms with Crippen molar-refractivity contribution in [1.29, 1.82) is 0 Å². The lowest BCUT2D eigenvalue weighted by Gasteiger charge is -2.15. The molecule has 0 spiro atoms. The largest absolute Gasteiger partial charge is 0.388 e. The van der Waals surface area contributed by atoms with E-state index in [9.17, 15) is 20.0 Å². The van der Waals surface area contributed by atoms with Gasteiger partial charge in [-0.2, -0.15) is 0 Å². The highest BCUT2D eigenvalue weighted by Gasteiger charge is 2.25. The van der Waals surface area contributed by atoms with Crippen molar-refractivity contribution >= 4 is 11.5 Å². The summed E-state index contributed by atoms with van der Waals surface area (Å²) in [6, 6.07) is 5.72. The van der Waals surface area contributed by atoms with Crippen LogP contribution in [0.25, 0.3) is 0 Å². The Labute approximate surface area is 109 Å². The third kappa shape index (κ3) is 3.82. The number of hydrogen-bond donors (Lipinski definition) is 1. The van der Waals surface area contributed by atoms with Gasteiger partial charge in [0.2, 0.25) is 6.29 Å². The first kappa shape index (κ1) is 15.2. The predicted molar refractivity (Wildman–Crippen MR) is 65.5 cm³/mol. The maximum Gasteiger partial charge on any atom is 0.275 e. The molecule has 1 aromatic rings. The van der Waals surface area contributed by atoms with Crippen molar-refractivity contribution < 1.29 is 24.3 Å². The third-order valence-electron chi connectivity index (χ3n) is 2.58. The molecule has 19 heavy (non-hydrogen) atoms. The Morgan fingerprint density at radius 3 is 2.47 bits per heavy atom. The molecular weight excluding hydrogens is 254 g/mol. The fourth-order valence-electron chi connectivity index (χ4n) is 1.69. The molecule has 104 valence electrons. The lowest BCUT2D eigenvalue weighted by atomic mass is 10.0. The quantitative estimate of drug-likeness (QED) is 0.453. The lowest BCUT2D eigenvalue weighted by Crippen LogP contribution is -2.26. The smallest absolute Gasteiger partial charge is 0.275 e. The van der Waals surface area contributed by atoms with E-state index >= 15 is 0 Å². The van der Waals surface area contributed by atoms with E-state index in [4.69, 9.17) is 9.47 Å². The first-order chi connectivity index (χ1) is 9.01. The fraction of sp³-hybridized carbons (Fsp3) is 0.417. The number of nitro benzene ring substituents is 1. The molecule has 0 saturated heterocycles. The number of methoxy groups -OCH3 is 2. The summed E-state index contributed by atoms with van der Waals surface area (Å²) < 4.78 is 9.52. The predicted octanol–water partition coefficient (Wildman–Crippen LogP) is 1.21. The maximum atomic E-state index is 11.7. The van der Waals surface area contributed by atoms with Crippen molar-refractivity contribution in [2.75, 3.05) is 14.2 Å². The minimum Gasteiger partial charge on any atom is -0.388 e. The second-order valence-corrected chi connectivity index (χ2v) is 3.81. The number of ether oxygens (including phenoxy) is 2. The van der Waals surface area contributed by atoms with Crippen LogP contribution in [0.4, 0.5) is 5.69 Å². The molecule has 0 fully saturated rings. The topological polar surface area (TPSA) is 98.9 Å². The summed E-state index contributed by atoms with van der Waals surface area (Å²) in [6.45, 7) is 0. The molecule has 0 heterocycles. The van der Waals surface area contributed by atoms with Gasteiger partial charge in [0.15, 0.2) is 5.78 Å². The monoisotopic (exact) mass is 269 g/mol. The Morgan fingerprint density at radius 2 is 1.95 bits per heavy atom. The number of Topliss-reactive ketones (excluding diaryl/α,β-unsaturated/α-hetero) is 1. The summed E-state index contributed by atoms with van der Waals surface area (Å²) in [6.07, 6.45) is -2.68. The average molecular weight is 269 g/mol. The van der Waals surface area contributed by atoms with E-state index in [2.05, 4.69) is 0 Å². The van der Waals surface area contributed by atoms with Crippen LogP contribution in [0.5, 0.6) is 0 Å². The van der Waals surface area contributed by atoms with Gasteiger partial charge in [-0.15, -0.1) is 0 Å². The molecule has 7 heteroatoms. The molecule has 0 aliphatic heterocycles. The van der Waals surface area contributed by atoms with Crippen molar-refractivity contribution in [1.82, 2.24) is 0 Å². The molecule has 0 saturated carbocycles. The summed E-state index contributed by atoms with van der Waals surface area (Å²) in [5, 5.41) is 20.7. The molecule has 0 aliphatic carbocycles. The Bertz CT molecular complexity index is 457. The number of nitrogens with zero attached hydrogens (tertiary/aromatic N) is 1. The highest BCUT2D eigenvalue weighted by molar-refractivity contribution is 5.82. The highest BCUT2D eigenvalue weighted by atomic mass is 16.7. The van der Waals surface area contributed by atoms with Crippen LogP contribution < -0.4 is 0 Å². The summed E-state index contributed by atoms with van der Waals surface area (Å²) in [5.74, 6) is -0.490. The summed E-state index contributed by atoms with van der Waals surface area (Å²) in [4.78, 5) is 21.9. The van der Waals surface area contributed by atoms with Crippen LogP contribution in [0.1, 0.15) is 18.1 Å². The van der Waals surface area contributed by atoms with Crippen LogP contribution in [0, 0.1) is 10.1 Å². The fourth-order valence-corrected chi connectivity index (χ4v) is 1.69. The van der Waals surface area contributed by atoms with Crippen LogP contribution in [0.2, 0.25) is 0 Å². The molecule has 1 rings (SSSR count). The van der Waals surface area contributed by atoms with Gasteiger partial charge >= 0.3 is 0 Å². The van der Waals surface area contributed by atoms with Crippen LogP contribution in [-0.4, -0.2) is 36.3 Å². The molecule has 0 unspecified atom stereocenters. The molecule has 0 bridgehead atoms. The number of carbonyl (C=O) groups excluding carboxylic acids is 1. The lowest BCUT2D eigenvalue weighted by molar-refractivity contribution is -0.386. The van der Waals surface area contributed by atoms with E-state index in [0.29, 0.717) is 0 Å². The number of para-hydroxylation sites is 1. The van der Waals surface area contributed by atoms with Crippen molar-refractivity contribution in [3.05, 3.63) is 39.9 Å². The molecule has 7 nitrogen and oxygen atoms in total. The first-order valence-electron chi connectivity index (χ1n) is 5.51. The van der Waals surface area contributed by atoms with Gasteiger partial charge in [0.25, 0.3) is 5.69 Å². The van der Waals surface area contributed by atoms with Gasteiger partial charge in [-0.05, 0) is 6.07 Å². The first-order valence-corrected chi connectivity index (χ1v) is 5.51. The summed E-state index contributed by atoms with van der Waals surface area (Å²) >= 11 is 0. The van der Waals surface area contributed by atoms with Crippen LogP contribution in [0.3, 0.4) is 0 Å². The number of nitro groups is 1. The zero-order chi connectivity index (χ0) is 14.4. The molecule has 0 radical (unpaired) electrons. The van der Waals surface area contributed by atoms with E-state index in [1.165, 1.54) is 32.4 Å². The van der Waals surface area contributed by atoms with Crippen molar-refractivity contribution in [2.45, 2.75) is 18.8 Å². The maximum absolute atomic E-state index is 11.7. The summed E-state index contributed by atoms with van der Waals surface area (Å²) in [7, 11) is 2.59. The number of ketones is 1. The third-order valence-corrected chi connectivity index (χ3v) is 2.58. The van der Waals surface area contributed by atoms with Gasteiger partial charge in [-0.1, -0.05) is 12.1 Å². The van der Waals surface area contributed by atoms with E-state index in [-0.39, 0.29) is 17.7 Å². The van der Waals surface area contributed by atoms with E-state index in [1.54, 1.807) is 6.07 Å². The molecule has 1 aromatic carbocycles. The van der Waals surface area contributed by atoms with Gasteiger partial charge in [0, 0.05) is 26.7 Å². The number of benzene rings is 1.